The van der Waals surface area contributed by atoms with Crippen LogP contribution in [0.5, 0.6) is 0 Å². The van der Waals surface area contributed by atoms with E-state index in [2.05, 4.69) is 228 Å². The van der Waals surface area contributed by atoms with E-state index in [-0.39, 0.29) is 76.7 Å². The third-order valence-corrected chi connectivity index (χ3v) is 39.0. The zero-order valence-corrected chi connectivity index (χ0v) is 90.2. The fraction of sp³-hybridized carbons (Fsp3) is 0.367. The molecule has 0 aromatic heterocycles. The fourth-order valence-electron chi connectivity index (χ4n) is 18.1. The van der Waals surface area contributed by atoms with Gasteiger partial charge in [0.05, 0.1) is 0 Å². The van der Waals surface area contributed by atoms with Gasteiger partial charge < -0.3 is 12.4 Å². The summed E-state index contributed by atoms with van der Waals surface area (Å²) in [6.45, 7) is 64.9. The van der Waals surface area contributed by atoms with Crippen molar-refractivity contribution in [1.82, 2.24) is 0 Å². The zero-order chi connectivity index (χ0) is 114. The van der Waals surface area contributed by atoms with Crippen LogP contribution >= 0.6 is 31.7 Å². The topological polar surface area (TPSA) is 34.1 Å². The van der Waals surface area contributed by atoms with E-state index in [0.29, 0.717) is 41.2 Å². The molecule has 0 radical (unpaired) electrons. The average molecular weight is 2600 g/mol. The molecule has 148 heavy (non-hydrogen) atoms. The Morgan fingerprint density at radius 1 is 0.162 bits per heavy atom. The second-order valence-corrected chi connectivity index (χ2v) is 56.3. The molecule has 10 aromatic rings. The maximum atomic E-state index is 15.4. The molecule has 2 nitrogen and oxygen atoms in total. The van der Waals surface area contributed by atoms with Gasteiger partial charge in [0.15, 0.2) is 140 Å². The Balaban J connectivity index is 0.00000101. The number of carbonyl (C=O) groups excluding carboxylic acids is 2. The van der Waals surface area contributed by atoms with Crippen molar-refractivity contribution in [2.45, 2.75) is 232 Å². The van der Waals surface area contributed by atoms with Gasteiger partial charge in [0.2, 0.25) is 0 Å². The van der Waals surface area contributed by atoms with Crippen LogP contribution in [0.2, 0.25) is 0 Å². The first-order chi connectivity index (χ1) is 66.3. The van der Waals surface area contributed by atoms with Crippen molar-refractivity contribution in [3.63, 3.8) is 0 Å². The van der Waals surface area contributed by atoms with Crippen LogP contribution in [0, 0.1) is 233 Å². The SMILES string of the molecule is CC(C)(C)P(Cc1ccccc1CP(C(C)(C)C)C(C)(C)C)C(C)(C)C.CC(C)(C)P(Cc1ccccc1CP(C(C)(C)C)C(C)(C)C)C(C)(C)C.Fc1c(F)c(F)c([B-](c2c(F)c(F)c(F)c(F)c2F)(c2c(F)c(F)c(F)c(F)c2F)c2c(F)c(F)c(F)c(F)c2F)c(F)c1F.Fc1c(F)c(F)c([B-](c2c(F)c(F)c(F)c(F)c2F)(c2c(F)c(F)c(F)c(F)c2F)c2c(F)c(F)c(F)c(F)c2F)c(F)c1F.[CH-]=O.[CH-]=O.[H-].[H-].[Pt].[Pt]. The Morgan fingerprint density at radius 3 is 0.297 bits per heavy atom. The van der Waals surface area contributed by atoms with Crippen molar-refractivity contribution < 1.29 is 230 Å². The molecule has 0 heterocycles. The smallest absolute Gasteiger partial charge is 0.200 e. The van der Waals surface area contributed by atoms with Crippen molar-refractivity contribution >= 4 is 101 Å². The number of hydrogen-bond donors (Lipinski definition) is 0. The predicted octanol–water partition coefficient (Wildman–Crippen LogP) is 29.1. The maximum Gasteiger partial charge on any atom is 0.200 e. The normalized spacial score (nSPS) is 12.4. The van der Waals surface area contributed by atoms with E-state index in [1.54, 1.807) is 22.3 Å². The van der Waals surface area contributed by atoms with Crippen LogP contribution in [0.15, 0.2) is 48.5 Å². The number of benzene rings is 10. The molecule has 0 atom stereocenters. The van der Waals surface area contributed by atoms with Crippen LogP contribution in [0.3, 0.4) is 0 Å². The van der Waals surface area contributed by atoms with E-state index in [1.165, 1.54) is 24.6 Å². The first-order valence-electron chi connectivity index (χ1n) is 42.5. The summed E-state index contributed by atoms with van der Waals surface area (Å²) in [5.74, 6) is -143. The monoisotopic (exact) mass is 2600 g/mol. The number of halogens is 40. The largest absolute Gasteiger partial charge is 1.00 e. The number of hydrogen-bond acceptors (Lipinski definition) is 2. The van der Waals surface area contributed by atoms with E-state index in [4.69, 9.17) is 9.59 Å². The summed E-state index contributed by atoms with van der Waals surface area (Å²) >= 11 is 0. The average Bonchev–Trinajstić information content (AvgIpc) is 0.681. The molecule has 0 saturated carbocycles. The molecule has 10 aromatic carbocycles. The molecule has 0 saturated heterocycles. The third-order valence-electron chi connectivity index (χ3n) is 23.4. The summed E-state index contributed by atoms with van der Waals surface area (Å²) in [4.78, 5) is 15.5. The molecular weight excluding hydrogens is 2500 g/mol. The van der Waals surface area contributed by atoms with Crippen LogP contribution < -0.4 is 43.7 Å². The van der Waals surface area contributed by atoms with Crippen molar-refractivity contribution in [2.24, 2.45) is 0 Å². The number of rotatable bonds is 16. The van der Waals surface area contributed by atoms with Gasteiger partial charge in [-0.1, -0.05) is 246 Å². The summed E-state index contributed by atoms with van der Waals surface area (Å²) in [6, 6.07) is 18.6. The van der Waals surface area contributed by atoms with Crippen LogP contribution in [0.4, 0.5) is 176 Å². The predicted molar refractivity (Wildman–Crippen MR) is 488 cm³/mol. The molecule has 0 N–H and O–H groups in total. The van der Waals surface area contributed by atoms with Crippen LogP contribution in [-0.4, -0.2) is 67.1 Å². The Hall–Kier alpha value is -8.03. The van der Waals surface area contributed by atoms with Gasteiger partial charge in [0, 0.05) is 42.1 Å². The van der Waals surface area contributed by atoms with Gasteiger partial charge in [-0.25, -0.2) is 176 Å². The molecule has 0 fully saturated rings. The molecule has 0 spiro atoms. The fourth-order valence-corrected chi connectivity index (χ4v) is 32.5. The Kier molecular flexibility index (Phi) is 44.5. The molecule has 50 heteroatoms. The summed E-state index contributed by atoms with van der Waals surface area (Å²) in [7, 11) is -0.437. The Labute approximate surface area is 862 Å². The maximum absolute atomic E-state index is 15.4. The molecular formula is C98H92B2F40O2P4Pt2-6. The van der Waals surface area contributed by atoms with E-state index < -0.39 is 289 Å². The van der Waals surface area contributed by atoms with Gasteiger partial charge in [0.25, 0.3) is 0 Å². The van der Waals surface area contributed by atoms with Gasteiger partial charge in [-0.3, -0.25) is 13.6 Å². The van der Waals surface area contributed by atoms with Gasteiger partial charge in [-0.15, -0.1) is 43.7 Å². The summed E-state index contributed by atoms with van der Waals surface area (Å²) in [5, 5.41) is 3.00. The van der Waals surface area contributed by atoms with E-state index in [0.717, 1.165) is 0 Å². The first-order valence-corrected chi connectivity index (χ1v) is 48.6. The second-order valence-electron chi connectivity index (χ2n) is 40.8. The molecule has 0 aliphatic heterocycles. The molecule has 10 rings (SSSR count). The molecule has 0 aliphatic carbocycles. The van der Waals surface area contributed by atoms with Gasteiger partial charge in [-0.2, -0.15) is 0 Å². The van der Waals surface area contributed by atoms with Gasteiger partial charge in [0.1, 0.15) is 105 Å². The van der Waals surface area contributed by atoms with Crippen LogP contribution in [-0.2, 0) is 76.4 Å². The Morgan fingerprint density at radius 2 is 0.230 bits per heavy atom. The minimum absolute atomic E-state index is 0. The molecule has 828 valence electrons. The molecule has 0 unspecified atom stereocenters. The zero-order valence-electron chi connectivity index (χ0n) is 84.1. The van der Waals surface area contributed by atoms with Gasteiger partial charge >= 0.3 is 0 Å². The molecule has 0 bridgehead atoms. The summed E-state index contributed by atoms with van der Waals surface area (Å²) in [5.41, 5.74) is -22.3. The summed E-state index contributed by atoms with van der Waals surface area (Å²) < 4.78 is 588. The standard InChI is InChI=1S/2C24BF20.2C24H44P2.2CHO.2Pt.2H/c2*26-5-1(6(27)14(35)21(42)13(5)34)25(2-7(28)15(36)22(43)16(37)8(2)29,3-9(30)17(38)23(44)18(39)10(3)31)4-11(32)19(40)24(45)20(41)12(4)33;2*1-21(2,3)25(22(4,5)6)17-19-15-13-14-16-20(19)18-26(23(7,8)9)24(10,11)12;2*1-2;;;;/h;;2*13-16H,17-18H2,1-12H3;2*1H;;;;/q2*-1;;;2*-1;;;2*-1. The van der Waals surface area contributed by atoms with Crippen molar-refractivity contribution in [1.29, 1.82) is 0 Å². The molecule has 0 amide bonds. The van der Waals surface area contributed by atoms with Crippen molar-refractivity contribution in [3.8, 4) is 0 Å². The minimum atomic E-state index is -7.22. The van der Waals surface area contributed by atoms with Crippen LogP contribution in [0.1, 0.15) is 191 Å². The van der Waals surface area contributed by atoms with Crippen molar-refractivity contribution in [2.75, 3.05) is 0 Å². The van der Waals surface area contributed by atoms with Crippen molar-refractivity contribution in [3.05, 3.63) is 303 Å². The second kappa shape index (κ2) is 49.2. The molecule has 0 aliphatic rings. The van der Waals surface area contributed by atoms with E-state index in [9.17, 15) is 105 Å². The van der Waals surface area contributed by atoms with Gasteiger partial charge in [-0.05, 0) is 88.2 Å². The van der Waals surface area contributed by atoms with Crippen LogP contribution in [0.25, 0.3) is 0 Å². The quantitative estimate of drug-likeness (QED) is 0.0184. The van der Waals surface area contributed by atoms with E-state index in [1.807, 2.05) is 0 Å². The first kappa shape index (κ1) is 134. The summed E-state index contributed by atoms with van der Waals surface area (Å²) in [6.07, 6.45) is -9.45. The minimum Gasteiger partial charge on any atom is -1.00 e. The third kappa shape index (κ3) is 25.6. The van der Waals surface area contributed by atoms with E-state index >= 15 is 70.2 Å². The Bertz CT molecular complexity index is 5300.